The van der Waals surface area contributed by atoms with Gasteiger partial charge in [0.25, 0.3) is 5.91 Å². The highest BCUT2D eigenvalue weighted by Gasteiger charge is 2.37. The van der Waals surface area contributed by atoms with Crippen LogP contribution in [0.2, 0.25) is 10.0 Å². The van der Waals surface area contributed by atoms with Crippen LogP contribution >= 0.6 is 47.2 Å². The van der Waals surface area contributed by atoms with Crippen molar-refractivity contribution >= 4 is 75.4 Å². The molecule has 1 saturated heterocycles. The van der Waals surface area contributed by atoms with Gasteiger partial charge < -0.3 is 19.8 Å². The molecule has 1 aliphatic rings. The summed E-state index contributed by atoms with van der Waals surface area (Å²) < 4.78 is -0.00566. The number of carbonyl (C=O) groups is 3. The number of nitrogens with zero attached hydrogens (tertiary/aromatic N) is 1. The van der Waals surface area contributed by atoms with Gasteiger partial charge in [0.1, 0.15) is 4.32 Å². The van der Waals surface area contributed by atoms with Crippen LogP contribution in [0.15, 0.2) is 23.1 Å². The van der Waals surface area contributed by atoms with Crippen molar-refractivity contribution in [2.24, 2.45) is 0 Å². The molecule has 10 heteroatoms. The first-order valence-electron chi connectivity index (χ1n) is 6.83. The van der Waals surface area contributed by atoms with E-state index in [2.05, 4.69) is 0 Å². The second kappa shape index (κ2) is 8.18. The van der Waals surface area contributed by atoms with Crippen LogP contribution in [0, 0.1) is 0 Å². The number of benzene rings is 1. The van der Waals surface area contributed by atoms with Crippen molar-refractivity contribution in [3.63, 3.8) is 0 Å². The molecule has 2 rings (SSSR count). The van der Waals surface area contributed by atoms with E-state index in [-0.39, 0.29) is 15.6 Å². The van der Waals surface area contributed by atoms with Crippen LogP contribution in [0.4, 0.5) is 0 Å². The van der Waals surface area contributed by atoms with Gasteiger partial charge in [0.2, 0.25) is 0 Å². The molecule has 0 aromatic heterocycles. The molecule has 0 aliphatic carbocycles. The highest BCUT2D eigenvalue weighted by atomic mass is 35.5. The van der Waals surface area contributed by atoms with Gasteiger partial charge in [-0.05, 0) is 36.6 Å². The van der Waals surface area contributed by atoms with Crippen molar-refractivity contribution in [2.45, 2.75) is 18.9 Å². The summed E-state index contributed by atoms with van der Waals surface area (Å²) in [6, 6.07) is 3.20. The number of carbonyl (C=O) groups excluding carboxylic acids is 3. The van der Waals surface area contributed by atoms with Crippen LogP contribution < -0.4 is 10.2 Å². The van der Waals surface area contributed by atoms with E-state index in [0.717, 1.165) is 16.7 Å². The largest absolute Gasteiger partial charge is 0.550 e. The van der Waals surface area contributed by atoms with Gasteiger partial charge in [-0.15, -0.1) is 0 Å². The molecule has 0 bridgehead atoms. The second-order valence-electron chi connectivity index (χ2n) is 4.96. The summed E-state index contributed by atoms with van der Waals surface area (Å²) in [5.74, 6) is -3.68. The molecule has 6 nitrogen and oxygen atoms in total. The average molecular weight is 418 g/mol. The number of rotatable bonds is 6. The molecule has 0 unspecified atom stereocenters. The number of halogens is 2. The Morgan fingerprint density at radius 2 is 2.00 bits per heavy atom. The van der Waals surface area contributed by atoms with Gasteiger partial charge in [0.15, 0.2) is 0 Å². The van der Waals surface area contributed by atoms with Gasteiger partial charge in [-0.25, -0.2) is 0 Å². The lowest BCUT2D eigenvalue weighted by Gasteiger charge is -2.27. The lowest BCUT2D eigenvalue weighted by atomic mass is 10.1. The number of aliphatic carboxylic acids is 2. The molecular formula is C15H9Cl2NO5S2-2. The summed E-state index contributed by atoms with van der Waals surface area (Å²) in [7, 11) is 0. The van der Waals surface area contributed by atoms with Crippen molar-refractivity contribution in [1.29, 1.82) is 0 Å². The van der Waals surface area contributed by atoms with E-state index in [9.17, 15) is 24.6 Å². The molecule has 1 amide bonds. The minimum absolute atomic E-state index is 0.00566. The number of carboxylic acids is 2. The zero-order chi connectivity index (χ0) is 18.7. The van der Waals surface area contributed by atoms with E-state index in [1.54, 1.807) is 12.1 Å². The van der Waals surface area contributed by atoms with Crippen LogP contribution in [0.5, 0.6) is 0 Å². The highest BCUT2D eigenvalue weighted by molar-refractivity contribution is 8.26. The Morgan fingerprint density at radius 1 is 1.32 bits per heavy atom. The predicted octanol–water partition coefficient (Wildman–Crippen LogP) is 0.843. The predicted molar refractivity (Wildman–Crippen MR) is 94.5 cm³/mol. The van der Waals surface area contributed by atoms with Gasteiger partial charge in [-0.2, -0.15) is 0 Å². The molecule has 0 spiro atoms. The highest BCUT2D eigenvalue weighted by Crippen LogP contribution is 2.36. The maximum Gasteiger partial charge on any atom is 0.266 e. The van der Waals surface area contributed by atoms with E-state index >= 15 is 0 Å². The Balaban J connectivity index is 2.30. The van der Waals surface area contributed by atoms with Crippen LogP contribution in [-0.4, -0.2) is 33.1 Å². The molecule has 0 N–H and O–H groups in total. The standard InChI is InChI=1S/C15H11Cl2NO5S2/c16-8-2-1-7(9(17)6-8)5-11-13(21)18(15(24)25-11)10(14(22)23)3-4-12(19)20/h1-2,5-6,10H,3-4H2,(H,19,20)(H,22,23)/p-2/b11-5-/t10-/m0/s1. The number of hydrogen-bond acceptors (Lipinski definition) is 7. The quantitative estimate of drug-likeness (QED) is 0.499. The van der Waals surface area contributed by atoms with Crippen LogP contribution in [0.1, 0.15) is 18.4 Å². The lowest BCUT2D eigenvalue weighted by molar-refractivity contribution is -0.311. The Hall–Kier alpha value is -1.61. The van der Waals surface area contributed by atoms with E-state index in [0.29, 0.717) is 15.6 Å². The molecule has 1 fully saturated rings. The van der Waals surface area contributed by atoms with Crippen molar-refractivity contribution in [3.8, 4) is 0 Å². The molecule has 1 aromatic carbocycles. The number of thiocarbonyl (C=S) groups is 1. The van der Waals surface area contributed by atoms with Crippen molar-refractivity contribution < 1.29 is 24.6 Å². The first-order chi connectivity index (χ1) is 11.7. The molecule has 0 radical (unpaired) electrons. The molecule has 1 aliphatic heterocycles. The van der Waals surface area contributed by atoms with E-state index < -0.39 is 30.3 Å². The molecule has 0 saturated carbocycles. The fourth-order valence-electron chi connectivity index (χ4n) is 2.12. The number of hydrogen-bond donors (Lipinski definition) is 0. The molecule has 25 heavy (non-hydrogen) atoms. The van der Waals surface area contributed by atoms with Crippen LogP contribution in [0.3, 0.4) is 0 Å². The summed E-state index contributed by atoms with van der Waals surface area (Å²) in [5, 5.41) is 22.6. The molecule has 1 aromatic rings. The molecule has 1 atom stereocenters. The van der Waals surface area contributed by atoms with Crippen molar-refractivity contribution in [3.05, 3.63) is 38.7 Å². The molecule has 1 heterocycles. The number of carboxylic acid groups (broad SMARTS) is 2. The third-order valence-electron chi connectivity index (χ3n) is 3.28. The minimum atomic E-state index is -1.59. The third kappa shape index (κ3) is 4.72. The monoisotopic (exact) mass is 417 g/mol. The maximum absolute atomic E-state index is 12.5. The fourth-order valence-corrected chi connectivity index (χ4v) is 3.93. The first kappa shape index (κ1) is 19.7. The average Bonchev–Trinajstić information content (AvgIpc) is 2.77. The van der Waals surface area contributed by atoms with E-state index in [1.807, 2.05) is 0 Å². The molecule has 132 valence electrons. The summed E-state index contributed by atoms with van der Waals surface area (Å²) in [4.78, 5) is 35.4. The van der Waals surface area contributed by atoms with Gasteiger partial charge in [0, 0.05) is 16.0 Å². The van der Waals surface area contributed by atoms with Crippen molar-refractivity contribution in [2.75, 3.05) is 0 Å². The zero-order valence-electron chi connectivity index (χ0n) is 12.4. The van der Waals surface area contributed by atoms with E-state index in [1.165, 1.54) is 12.1 Å². The SMILES string of the molecule is O=C([O-])CC[C@@H](C(=O)[O-])N1C(=O)/C(=C/c2ccc(Cl)cc2Cl)SC1=S. The Labute approximate surface area is 162 Å². The van der Waals surface area contributed by atoms with Gasteiger partial charge in [-0.1, -0.05) is 53.2 Å². The number of amides is 1. The summed E-state index contributed by atoms with van der Waals surface area (Å²) in [6.07, 6.45) is 0.549. The van der Waals surface area contributed by atoms with Gasteiger partial charge >= 0.3 is 0 Å². The summed E-state index contributed by atoms with van der Waals surface area (Å²) in [5.41, 5.74) is 0.506. The smallest absolute Gasteiger partial charge is 0.266 e. The Morgan fingerprint density at radius 3 is 2.56 bits per heavy atom. The van der Waals surface area contributed by atoms with Crippen molar-refractivity contribution in [1.82, 2.24) is 4.90 Å². The second-order valence-corrected chi connectivity index (χ2v) is 7.48. The van der Waals surface area contributed by atoms with Gasteiger partial charge in [0.05, 0.1) is 16.9 Å². The third-order valence-corrected chi connectivity index (χ3v) is 5.17. The minimum Gasteiger partial charge on any atom is -0.550 e. The molecular weight excluding hydrogens is 409 g/mol. The van der Waals surface area contributed by atoms with E-state index in [4.69, 9.17) is 35.4 Å². The fraction of sp³-hybridized carbons (Fsp3) is 0.200. The van der Waals surface area contributed by atoms with Gasteiger partial charge in [-0.3, -0.25) is 9.69 Å². The lowest BCUT2D eigenvalue weighted by Crippen LogP contribution is -2.50. The van der Waals surface area contributed by atoms with Crippen LogP contribution in [-0.2, 0) is 14.4 Å². The first-order valence-corrected chi connectivity index (χ1v) is 8.81. The maximum atomic E-state index is 12.5. The Kier molecular flexibility index (Phi) is 6.45. The normalized spacial score (nSPS) is 17.2. The summed E-state index contributed by atoms with van der Waals surface area (Å²) in [6.45, 7) is 0. The zero-order valence-corrected chi connectivity index (χ0v) is 15.5. The van der Waals surface area contributed by atoms with Crippen LogP contribution in [0.25, 0.3) is 6.08 Å². The Bertz CT molecular complexity index is 796. The summed E-state index contributed by atoms with van der Waals surface area (Å²) >= 11 is 17.8. The number of thioether (sulfide) groups is 1. The topological polar surface area (TPSA) is 101 Å².